The Morgan fingerprint density at radius 2 is 2.43 bits per heavy atom. The van der Waals surface area contributed by atoms with Crippen LogP contribution in [0.15, 0.2) is 23.9 Å². The minimum absolute atomic E-state index is 0.0989. The molecule has 0 aromatic rings. The molecule has 0 aromatic heterocycles. The molecular formula is C9H14N2O3. The summed E-state index contributed by atoms with van der Waals surface area (Å²) in [4.78, 5) is 10.8. The first kappa shape index (κ1) is 10.7. The molecule has 14 heavy (non-hydrogen) atoms. The highest BCUT2D eigenvalue weighted by Crippen LogP contribution is 2.05. The van der Waals surface area contributed by atoms with Gasteiger partial charge < -0.3 is 15.5 Å². The summed E-state index contributed by atoms with van der Waals surface area (Å²) in [7, 11) is 0. The van der Waals surface area contributed by atoms with Crippen molar-refractivity contribution in [1.82, 2.24) is 10.6 Å². The molecule has 0 aromatic carbocycles. The molecular weight excluding hydrogens is 184 g/mol. The molecule has 0 radical (unpaired) electrons. The number of hydrogen-bond acceptors (Lipinski definition) is 4. The maximum Gasteiger partial charge on any atom is 0.335 e. The van der Waals surface area contributed by atoms with Crippen LogP contribution in [0.25, 0.3) is 0 Å². The number of allylic oxidation sites excluding steroid dienone is 2. The Morgan fingerprint density at radius 1 is 1.64 bits per heavy atom. The SMILES string of the molecule is O=C(O)C1=CC=CNC1NCCCO. The lowest BCUT2D eigenvalue weighted by atomic mass is 10.1. The lowest BCUT2D eigenvalue weighted by molar-refractivity contribution is -0.133. The molecule has 78 valence electrons. The summed E-state index contributed by atoms with van der Waals surface area (Å²) in [6.07, 6.45) is 5.12. The van der Waals surface area contributed by atoms with Gasteiger partial charge in [0.2, 0.25) is 0 Å². The van der Waals surface area contributed by atoms with E-state index in [0.717, 1.165) is 0 Å². The zero-order valence-corrected chi connectivity index (χ0v) is 7.73. The zero-order chi connectivity index (χ0) is 10.4. The molecule has 1 rings (SSSR count). The topological polar surface area (TPSA) is 81.6 Å². The van der Waals surface area contributed by atoms with Crippen molar-refractivity contribution in [3.8, 4) is 0 Å². The molecule has 0 fully saturated rings. The predicted molar refractivity (Wildman–Crippen MR) is 51.5 cm³/mol. The fraction of sp³-hybridized carbons (Fsp3) is 0.444. The smallest absolute Gasteiger partial charge is 0.335 e. The van der Waals surface area contributed by atoms with Gasteiger partial charge in [-0.3, -0.25) is 5.32 Å². The van der Waals surface area contributed by atoms with Crippen LogP contribution in [0.5, 0.6) is 0 Å². The van der Waals surface area contributed by atoms with Crippen molar-refractivity contribution in [3.63, 3.8) is 0 Å². The number of aliphatic hydroxyl groups excluding tert-OH is 1. The van der Waals surface area contributed by atoms with Gasteiger partial charge in [-0.2, -0.15) is 0 Å². The molecule has 0 amide bonds. The lowest BCUT2D eigenvalue weighted by Crippen LogP contribution is -2.44. The third-order valence-electron chi connectivity index (χ3n) is 1.88. The third-order valence-corrected chi connectivity index (χ3v) is 1.88. The molecule has 4 N–H and O–H groups in total. The molecule has 5 nitrogen and oxygen atoms in total. The fourth-order valence-electron chi connectivity index (χ4n) is 1.18. The van der Waals surface area contributed by atoms with Crippen LogP contribution < -0.4 is 10.6 Å². The van der Waals surface area contributed by atoms with E-state index in [1.165, 1.54) is 0 Å². The normalized spacial score (nSPS) is 20.1. The van der Waals surface area contributed by atoms with Crippen LogP contribution in [0, 0.1) is 0 Å². The van der Waals surface area contributed by atoms with E-state index in [0.29, 0.717) is 13.0 Å². The number of nitrogens with one attached hydrogen (secondary N) is 2. The van der Waals surface area contributed by atoms with Crippen LogP contribution in [0.2, 0.25) is 0 Å². The van der Waals surface area contributed by atoms with Crippen LogP contribution >= 0.6 is 0 Å². The number of dihydropyridines is 1. The van der Waals surface area contributed by atoms with Crippen molar-refractivity contribution in [1.29, 1.82) is 0 Å². The van der Waals surface area contributed by atoms with Gasteiger partial charge in [-0.1, -0.05) is 0 Å². The quantitative estimate of drug-likeness (QED) is 0.444. The van der Waals surface area contributed by atoms with Gasteiger partial charge in [0.15, 0.2) is 0 Å². The van der Waals surface area contributed by atoms with Crippen LogP contribution in [-0.4, -0.2) is 35.5 Å². The highest BCUT2D eigenvalue weighted by molar-refractivity contribution is 5.88. The standard InChI is InChI=1S/C9H14N2O3/c12-6-2-5-11-8-7(9(13)14)3-1-4-10-8/h1,3-4,8,10-12H,2,5-6H2,(H,13,14). The molecule has 0 bridgehead atoms. The van der Waals surface area contributed by atoms with Gasteiger partial charge >= 0.3 is 5.97 Å². The Hall–Kier alpha value is -1.33. The number of rotatable bonds is 5. The molecule has 0 spiro atoms. The van der Waals surface area contributed by atoms with Gasteiger partial charge in [-0.05, 0) is 31.3 Å². The highest BCUT2D eigenvalue weighted by Gasteiger charge is 2.19. The molecule has 1 heterocycles. The number of aliphatic hydroxyl groups is 1. The zero-order valence-electron chi connectivity index (χ0n) is 7.73. The second-order valence-electron chi connectivity index (χ2n) is 2.92. The third kappa shape index (κ3) is 2.86. The summed E-state index contributed by atoms with van der Waals surface area (Å²) in [5, 5.41) is 23.3. The van der Waals surface area contributed by atoms with Crippen LogP contribution in [0.1, 0.15) is 6.42 Å². The minimum Gasteiger partial charge on any atom is -0.478 e. The molecule has 1 atom stereocenters. The monoisotopic (exact) mass is 198 g/mol. The number of aliphatic carboxylic acids is 1. The number of hydrogen-bond donors (Lipinski definition) is 4. The van der Waals surface area contributed by atoms with E-state index in [4.69, 9.17) is 10.2 Å². The van der Waals surface area contributed by atoms with E-state index in [-0.39, 0.29) is 18.3 Å². The molecule has 1 aliphatic rings. The molecule has 0 saturated carbocycles. The first-order valence-corrected chi connectivity index (χ1v) is 4.46. The van der Waals surface area contributed by atoms with Gasteiger partial charge in [0, 0.05) is 6.61 Å². The van der Waals surface area contributed by atoms with Gasteiger partial charge in [-0.25, -0.2) is 4.79 Å². The summed E-state index contributed by atoms with van der Waals surface area (Å²) in [5.41, 5.74) is 0.283. The summed E-state index contributed by atoms with van der Waals surface area (Å²) >= 11 is 0. The highest BCUT2D eigenvalue weighted by atomic mass is 16.4. The fourth-order valence-corrected chi connectivity index (χ4v) is 1.18. The maximum absolute atomic E-state index is 10.8. The van der Waals surface area contributed by atoms with E-state index in [1.807, 2.05) is 0 Å². The summed E-state index contributed by atoms with van der Waals surface area (Å²) in [6, 6.07) is 0. The maximum atomic E-state index is 10.8. The largest absolute Gasteiger partial charge is 0.478 e. The van der Waals surface area contributed by atoms with Gasteiger partial charge in [0.05, 0.1) is 5.57 Å². The predicted octanol–water partition coefficient (Wildman–Crippen LogP) is -0.588. The summed E-state index contributed by atoms with van der Waals surface area (Å²) < 4.78 is 0. The average Bonchev–Trinajstić information content (AvgIpc) is 2.19. The average molecular weight is 198 g/mol. The van der Waals surface area contributed by atoms with E-state index in [9.17, 15) is 4.79 Å². The van der Waals surface area contributed by atoms with Crippen LogP contribution in [0.3, 0.4) is 0 Å². The number of carboxylic acid groups (broad SMARTS) is 1. The second-order valence-corrected chi connectivity index (χ2v) is 2.92. The summed E-state index contributed by atoms with van der Waals surface area (Å²) in [5.74, 6) is -0.941. The molecule has 0 saturated heterocycles. The Balaban J connectivity index is 2.47. The Labute approximate surface area is 82.1 Å². The van der Waals surface area contributed by atoms with E-state index >= 15 is 0 Å². The minimum atomic E-state index is -0.941. The van der Waals surface area contributed by atoms with Crippen LogP contribution in [-0.2, 0) is 4.79 Å². The van der Waals surface area contributed by atoms with Crippen molar-refractivity contribution in [3.05, 3.63) is 23.9 Å². The van der Waals surface area contributed by atoms with E-state index < -0.39 is 5.97 Å². The lowest BCUT2D eigenvalue weighted by Gasteiger charge is -2.21. The molecule has 1 unspecified atom stereocenters. The van der Waals surface area contributed by atoms with Crippen molar-refractivity contribution in [2.24, 2.45) is 0 Å². The molecule has 5 heteroatoms. The number of carbonyl (C=O) groups is 1. The van der Waals surface area contributed by atoms with Gasteiger partial charge in [0.25, 0.3) is 0 Å². The molecule has 1 aliphatic heterocycles. The van der Waals surface area contributed by atoms with E-state index in [2.05, 4.69) is 10.6 Å². The summed E-state index contributed by atoms with van der Waals surface area (Å²) in [6.45, 7) is 0.675. The molecule has 0 aliphatic carbocycles. The van der Waals surface area contributed by atoms with Crippen LogP contribution in [0.4, 0.5) is 0 Å². The van der Waals surface area contributed by atoms with Gasteiger partial charge in [-0.15, -0.1) is 0 Å². The first-order valence-electron chi connectivity index (χ1n) is 4.46. The van der Waals surface area contributed by atoms with Crippen molar-refractivity contribution >= 4 is 5.97 Å². The van der Waals surface area contributed by atoms with Crippen molar-refractivity contribution < 1.29 is 15.0 Å². The Morgan fingerprint density at radius 3 is 3.07 bits per heavy atom. The van der Waals surface area contributed by atoms with Gasteiger partial charge in [0.1, 0.15) is 6.17 Å². The Kier molecular flexibility index (Phi) is 4.15. The second kappa shape index (κ2) is 5.41. The first-order chi connectivity index (χ1) is 6.75. The Bertz CT molecular complexity index is 261. The van der Waals surface area contributed by atoms with E-state index in [1.54, 1.807) is 18.4 Å². The van der Waals surface area contributed by atoms with Crippen molar-refractivity contribution in [2.45, 2.75) is 12.6 Å². The van der Waals surface area contributed by atoms with Crippen molar-refractivity contribution in [2.75, 3.05) is 13.2 Å². The number of carboxylic acids is 1.